The van der Waals surface area contributed by atoms with Crippen molar-refractivity contribution in [3.63, 3.8) is 0 Å². The van der Waals surface area contributed by atoms with E-state index in [1.165, 1.54) is 48.0 Å². The third-order valence-electron chi connectivity index (χ3n) is 6.08. The van der Waals surface area contributed by atoms with Crippen molar-refractivity contribution < 1.29 is 9.47 Å². The van der Waals surface area contributed by atoms with Gasteiger partial charge >= 0.3 is 0 Å². The third-order valence-corrected chi connectivity index (χ3v) is 6.08. The third kappa shape index (κ3) is 4.22. The maximum atomic E-state index is 6.17. The molecule has 2 aliphatic rings. The van der Waals surface area contributed by atoms with Gasteiger partial charge in [-0.2, -0.15) is 0 Å². The summed E-state index contributed by atoms with van der Waals surface area (Å²) in [6.07, 6.45) is 3.88. The van der Waals surface area contributed by atoms with Crippen LogP contribution in [0.3, 0.4) is 0 Å². The molecule has 2 aromatic rings. The van der Waals surface area contributed by atoms with Gasteiger partial charge in [0.05, 0.1) is 24.3 Å². The largest absolute Gasteiger partial charge is 0.493 e. The molecule has 1 aromatic heterocycles. The van der Waals surface area contributed by atoms with E-state index in [2.05, 4.69) is 57.0 Å². The van der Waals surface area contributed by atoms with Crippen LogP contribution in [0.5, 0.6) is 5.75 Å². The first-order valence-electron chi connectivity index (χ1n) is 11.2. The standard InChI is InChI=1S/C24H35N3O2/c1-15(2)25-24-23-18(5)29-17(4)22(23)19-13-16(3)21(14-20(19)26-24)28-12-8-11-27-9-6-7-10-27/h13-15,17-18H,6-12H2,1-5H3,(H,25,26)/t17-,18+/m1/s1. The van der Waals surface area contributed by atoms with Gasteiger partial charge in [-0.1, -0.05) is 0 Å². The second-order valence-electron chi connectivity index (χ2n) is 8.89. The van der Waals surface area contributed by atoms with E-state index in [4.69, 9.17) is 14.5 Å². The van der Waals surface area contributed by atoms with Crippen LogP contribution in [-0.2, 0) is 4.74 Å². The number of pyridine rings is 1. The Morgan fingerprint density at radius 3 is 2.62 bits per heavy atom. The highest BCUT2D eigenvalue weighted by Gasteiger charge is 2.32. The predicted octanol–water partition coefficient (Wildman–Crippen LogP) is 5.38. The van der Waals surface area contributed by atoms with Gasteiger partial charge in [0.2, 0.25) is 0 Å². The van der Waals surface area contributed by atoms with Gasteiger partial charge in [0.1, 0.15) is 11.6 Å². The van der Waals surface area contributed by atoms with Gasteiger partial charge in [-0.3, -0.25) is 0 Å². The minimum atomic E-state index is 0.0555. The van der Waals surface area contributed by atoms with Crippen LogP contribution in [0.2, 0.25) is 0 Å². The first-order valence-corrected chi connectivity index (χ1v) is 11.2. The summed E-state index contributed by atoms with van der Waals surface area (Å²) < 4.78 is 12.3. The number of aromatic nitrogens is 1. The summed E-state index contributed by atoms with van der Waals surface area (Å²) in [7, 11) is 0. The fourth-order valence-corrected chi connectivity index (χ4v) is 4.75. The van der Waals surface area contributed by atoms with Gasteiger partial charge in [-0.15, -0.1) is 0 Å². The van der Waals surface area contributed by atoms with Crippen molar-refractivity contribution in [3.8, 4) is 5.75 Å². The second-order valence-corrected chi connectivity index (χ2v) is 8.89. The smallest absolute Gasteiger partial charge is 0.133 e. The fourth-order valence-electron chi connectivity index (χ4n) is 4.75. The Morgan fingerprint density at radius 2 is 1.90 bits per heavy atom. The van der Waals surface area contributed by atoms with Gasteiger partial charge < -0.3 is 19.7 Å². The molecule has 3 heterocycles. The SMILES string of the molecule is Cc1cc2c3c(c(NC(C)C)nc2cc1OCCCN1CCCC1)[C@H](C)O[C@@H]3C. The van der Waals surface area contributed by atoms with E-state index in [1.807, 2.05) is 0 Å². The van der Waals surface area contributed by atoms with Crippen LogP contribution in [0.25, 0.3) is 10.9 Å². The number of aryl methyl sites for hydroxylation is 1. The monoisotopic (exact) mass is 397 g/mol. The molecule has 0 amide bonds. The van der Waals surface area contributed by atoms with Crippen molar-refractivity contribution in [1.29, 1.82) is 0 Å². The van der Waals surface area contributed by atoms with Crippen molar-refractivity contribution in [2.45, 2.75) is 72.1 Å². The quantitative estimate of drug-likeness (QED) is 0.636. The summed E-state index contributed by atoms with van der Waals surface area (Å²) in [6, 6.07) is 4.66. The Labute approximate surface area is 174 Å². The number of benzene rings is 1. The summed E-state index contributed by atoms with van der Waals surface area (Å²) in [5, 5.41) is 4.72. The summed E-state index contributed by atoms with van der Waals surface area (Å²) in [6.45, 7) is 15.0. The van der Waals surface area contributed by atoms with Crippen LogP contribution in [0.1, 0.15) is 75.9 Å². The zero-order valence-electron chi connectivity index (χ0n) is 18.5. The van der Waals surface area contributed by atoms with Crippen LogP contribution in [0.15, 0.2) is 12.1 Å². The van der Waals surface area contributed by atoms with Gasteiger partial charge in [0.25, 0.3) is 0 Å². The van der Waals surface area contributed by atoms with E-state index >= 15 is 0 Å². The zero-order valence-corrected chi connectivity index (χ0v) is 18.5. The number of likely N-dealkylation sites (tertiary alicyclic amines) is 1. The summed E-state index contributed by atoms with van der Waals surface area (Å²) in [5.41, 5.74) is 4.63. The molecule has 1 saturated heterocycles. The van der Waals surface area contributed by atoms with Gasteiger partial charge in [-0.05, 0) is 84.2 Å². The summed E-state index contributed by atoms with van der Waals surface area (Å²) in [4.78, 5) is 7.52. The molecule has 0 bridgehead atoms. The van der Waals surface area contributed by atoms with Crippen LogP contribution >= 0.6 is 0 Å². The molecule has 0 unspecified atom stereocenters. The highest BCUT2D eigenvalue weighted by atomic mass is 16.5. The Hall–Kier alpha value is -1.85. The molecule has 0 saturated carbocycles. The summed E-state index contributed by atoms with van der Waals surface area (Å²) in [5.74, 6) is 1.89. The molecule has 0 aliphatic carbocycles. The highest BCUT2D eigenvalue weighted by molar-refractivity contribution is 5.89. The Bertz CT molecular complexity index is 874. The molecule has 1 fully saturated rings. The fraction of sp³-hybridized carbons (Fsp3) is 0.625. The lowest BCUT2D eigenvalue weighted by molar-refractivity contribution is 0.0338. The molecule has 0 radical (unpaired) electrons. The Kier molecular flexibility index (Phi) is 5.98. The van der Waals surface area contributed by atoms with E-state index < -0.39 is 0 Å². The molecule has 5 nitrogen and oxygen atoms in total. The maximum absolute atomic E-state index is 6.17. The molecule has 1 aromatic carbocycles. The molecule has 4 rings (SSSR count). The van der Waals surface area contributed by atoms with Crippen LogP contribution in [0.4, 0.5) is 5.82 Å². The molecular formula is C24H35N3O2. The lowest BCUT2D eigenvalue weighted by atomic mass is 9.97. The van der Waals surface area contributed by atoms with Crippen LogP contribution in [-0.4, -0.2) is 42.2 Å². The van der Waals surface area contributed by atoms with Crippen molar-refractivity contribution >= 4 is 16.7 Å². The van der Waals surface area contributed by atoms with Crippen LogP contribution in [0, 0.1) is 6.92 Å². The van der Waals surface area contributed by atoms with Crippen molar-refractivity contribution in [2.75, 3.05) is 31.6 Å². The lowest BCUT2D eigenvalue weighted by Crippen LogP contribution is -2.22. The Balaban J connectivity index is 1.60. The van der Waals surface area contributed by atoms with E-state index in [-0.39, 0.29) is 12.2 Å². The topological polar surface area (TPSA) is 46.6 Å². The van der Waals surface area contributed by atoms with Crippen molar-refractivity contribution in [2.24, 2.45) is 0 Å². The molecule has 2 aliphatic heterocycles. The van der Waals surface area contributed by atoms with E-state index in [0.29, 0.717) is 6.04 Å². The van der Waals surface area contributed by atoms with Gasteiger partial charge in [0, 0.05) is 29.6 Å². The first kappa shape index (κ1) is 20.4. The normalized spacial score (nSPS) is 21.9. The number of hydrogen-bond donors (Lipinski definition) is 1. The molecule has 29 heavy (non-hydrogen) atoms. The first-order chi connectivity index (χ1) is 13.9. The molecule has 158 valence electrons. The Morgan fingerprint density at radius 1 is 1.17 bits per heavy atom. The number of hydrogen-bond acceptors (Lipinski definition) is 5. The molecule has 1 N–H and O–H groups in total. The molecule has 0 spiro atoms. The average Bonchev–Trinajstić information content (AvgIpc) is 3.27. The van der Waals surface area contributed by atoms with Crippen molar-refractivity contribution in [1.82, 2.24) is 9.88 Å². The van der Waals surface area contributed by atoms with Gasteiger partial charge in [0.15, 0.2) is 0 Å². The number of nitrogens with one attached hydrogen (secondary N) is 1. The maximum Gasteiger partial charge on any atom is 0.133 e. The highest BCUT2D eigenvalue weighted by Crippen LogP contribution is 2.46. The van der Waals surface area contributed by atoms with E-state index in [9.17, 15) is 0 Å². The predicted molar refractivity (Wildman–Crippen MR) is 119 cm³/mol. The zero-order chi connectivity index (χ0) is 20.5. The summed E-state index contributed by atoms with van der Waals surface area (Å²) >= 11 is 0. The average molecular weight is 398 g/mol. The van der Waals surface area contributed by atoms with Crippen molar-refractivity contribution in [3.05, 3.63) is 28.8 Å². The number of nitrogens with zero attached hydrogens (tertiary/aromatic N) is 2. The number of anilines is 1. The molecule has 5 heteroatoms. The van der Waals surface area contributed by atoms with E-state index in [0.717, 1.165) is 36.7 Å². The van der Waals surface area contributed by atoms with Crippen LogP contribution < -0.4 is 10.1 Å². The minimum Gasteiger partial charge on any atom is -0.493 e. The van der Waals surface area contributed by atoms with E-state index in [1.54, 1.807) is 0 Å². The van der Waals surface area contributed by atoms with Gasteiger partial charge in [-0.25, -0.2) is 4.98 Å². The lowest BCUT2D eigenvalue weighted by Gasteiger charge is -2.18. The number of ether oxygens (including phenoxy) is 2. The molecular weight excluding hydrogens is 362 g/mol. The second kappa shape index (κ2) is 8.49. The number of rotatable bonds is 7. The molecule has 2 atom stereocenters. The number of fused-ring (bicyclic) bond motifs is 3. The minimum absolute atomic E-state index is 0.0555.